The van der Waals surface area contributed by atoms with Crippen LogP contribution in [-0.4, -0.2) is 77.0 Å². The zero-order valence-electron chi connectivity index (χ0n) is 17.9. The molecule has 2 rings (SSSR count). The molecule has 0 radical (unpaired) electrons. The van der Waals surface area contributed by atoms with Crippen LogP contribution in [0.3, 0.4) is 0 Å². The predicted octanol–water partition coefficient (Wildman–Crippen LogP) is 1.92. The number of hydrogen-bond acceptors (Lipinski definition) is 5. The number of aliphatic imine (C=N–C) groups is 1. The number of sulfone groups is 1. The topological polar surface area (TPSA) is 83.0 Å². The number of hydrogen-bond donors (Lipinski definition) is 2. The predicted molar refractivity (Wildman–Crippen MR) is 129 cm³/mol. The molecule has 0 atom stereocenters. The van der Waals surface area contributed by atoms with Crippen molar-refractivity contribution in [1.82, 2.24) is 15.5 Å². The number of nitrogens with zero attached hydrogens (tertiary/aromatic N) is 2. The Morgan fingerprint density at radius 3 is 2.34 bits per heavy atom. The van der Waals surface area contributed by atoms with Crippen LogP contribution in [0, 0.1) is 0 Å². The van der Waals surface area contributed by atoms with Gasteiger partial charge in [-0.05, 0) is 44.9 Å². The molecular formula is C20H35IN4O3S. The normalized spacial score (nSPS) is 16.2. The van der Waals surface area contributed by atoms with E-state index in [1.54, 1.807) is 12.1 Å². The summed E-state index contributed by atoms with van der Waals surface area (Å²) in [5.74, 6) is 0.802. The third-order valence-electron chi connectivity index (χ3n) is 4.89. The van der Waals surface area contributed by atoms with Crippen molar-refractivity contribution >= 4 is 39.8 Å². The maximum atomic E-state index is 11.5. The summed E-state index contributed by atoms with van der Waals surface area (Å²) in [6, 6.07) is 7.05. The van der Waals surface area contributed by atoms with Crippen molar-refractivity contribution < 1.29 is 13.2 Å². The van der Waals surface area contributed by atoms with Crippen molar-refractivity contribution in [2.75, 3.05) is 52.2 Å². The Bertz CT molecular complexity index is 745. The first-order chi connectivity index (χ1) is 13.2. The summed E-state index contributed by atoms with van der Waals surface area (Å²) >= 11 is 0. The summed E-state index contributed by atoms with van der Waals surface area (Å²) in [5, 5.41) is 6.66. The standard InChI is InChI=1S/C20H34N4O3S.HI/c1-5-21-19(23-16-20(2,3)24-12-14-27-15-13-24)22-11-10-17-6-8-18(9-7-17)28(4,25)26;/h6-9H,5,10-16H2,1-4H3,(H2,21,22,23);1H. The molecule has 9 heteroatoms. The molecule has 0 spiro atoms. The van der Waals surface area contributed by atoms with Crippen LogP contribution in [0.15, 0.2) is 34.2 Å². The molecule has 0 bridgehead atoms. The largest absolute Gasteiger partial charge is 0.379 e. The number of benzene rings is 1. The van der Waals surface area contributed by atoms with Gasteiger partial charge in [0.25, 0.3) is 0 Å². The zero-order valence-corrected chi connectivity index (χ0v) is 21.0. The van der Waals surface area contributed by atoms with Crippen LogP contribution >= 0.6 is 24.0 Å². The van der Waals surface area contributed by atoms with Gasteiger partial charge in [-0.3, -0.25) is 9.89 Å². The molecule has 1 heterocycles. The second-order valence-corrected chi connectivity index (χ2v) is 9.72. The Kier molecular flexibility index (Phi) is 10.9. The second-order valence-electron chi connectivity index (χ2n) is 7.70. The first-order valence-corrected chi connectivity index (χ1v) is 11.8. The monoisotopic (exact) mass is 538 g/mol. The lowest BCUT2D eigenvalue weighted by Crippen LogP contribution is -2.52. The summed E-state index contributed by atoms with van der Waals surface area (Å²) in [6.45, 7) is 12.1. The summed E-state index contributed by atoms with van der Waals surface area (Å²) in [5.41, 5.74) is 1.07. The Labute approximate surface area is 192 Å². The molecule has 7 nitrogen and oxygen atoms in total. The molecule has 0 saturated carbocycles. The van der Waals surface area contributed by atoms with Crippen LogP contribution < -0.4 is 10.6 Å². The molecule has 1 aromatic rings. The number of guanidine groups is 1. The zero-order chi connectivity index (χ0) is 20.6. The minimum atomic E-state index is -3.15. The molecule has 2 N–H and O–H groups in total. The number of ether oxygens (including phenoxy) is 1. The molecule has 0 aliphatic carbocycles. The van der Waals surface area contributed by atoms with E-state index in [-0.39, 0.29) is 29.5 Å². The van der Waals surface area contributed by atoms with Crippen LogP contribution in [0.1, 0.15) is 26.3 Å². The van der Waals surface area contributed by atoms with Gasteiger partial charge in [0, 0.05) is 38.0 Å². The van der Waals surface area contributed by atoms with Gasteiger partial charge in [-0.2, -0.15) is 0 Å². The molecule has 0 amide bonds. The highest BCUT2D eigenvalue weighted by molar-refractivity contribution is 14.0. The van der Waals surface area contributed by atoms with Crippen LogP contribution in [0.2, 0.25) is 0 Å². The highest BCUT2D eigenvalue weighted by Gasteiger charge is 2.28. The molecule has 1 aliphatic rings. The van der Waals surface area contributed by atoms with E-state index in [1.807, 2.05) is 19.1 Å². The van der Waals surface area contributed by atoms with Crippen LogP contribution in [0.5, 0.6) is 0 Å². The van der Waals surface area contributed by atoms with Gasteiger partial charge in [-0.15, -0.1) is 24.0 Å². The van der Waals surface area contributed by atoms with Gasteiger partial charge in [-0.1, -0.05) is 12.1 Å². The first kappa shape index (κ1) is 26.1. The van der Waals surface area contributed by atoms with Gasteiger partial charge >= 0.3 is 0 Å². The first-order valence-electron chi connectivity index (χ1n) is 9.86. The molecule has 1 aliphatic heterocycles. The maximum Gasteiger partial charge on any atom is 0.191 e. The van der Waals surface area contributed by atoms with E-state index in [1.165, 1.54) is 6.26 Å². The highest BCUT2D eigenvalue weighted by atomic mass is 127. The quantitative estimate of drug-likeness (QED) is 0.299. The number of rotatable bonds is 8. The molecule has 1 fully saturated rings. The van der Waals surface area contributed by atoms with Gasteiger partial charge in [0.1, 0.15) is 0 Å². The second kappa shape index (κ2) is 12.1. The Morgan fingerprint density at radius 2 is 1.79 bits per heavy atom. The van der Waals surface area contributed by atoms with Gasteiger partial charge in [0.05, 0.1) is 24.7 Å². The van der Waals surface area contributed by atoms with Crippen molar-refractivity contribution in [2.24, 2.45) is 4.99 Å². The Hall–Kier alpha value is -0.910. The summed E-state index contributed by atoms with van der Waals surface area (Å²) in [7, 11) is -3.15. The van der Waals surface area contributed by atoms with Gasteiger partial charge < -0.3 is 15.4 Å². The van der Waals surface area contributed by atoms with E-state index < -0.39 is 9.84 Å². The minimum absolute atomic E-state index is 0. The van der Waals surface area contributed by atoms with Crippen LogP contribution in [-0.2, 0) is 21.0 Å². The van der Waals surface area contributed by atoms with E-state index in [2.05, 4.69) is 29.4 Å². The van der Waals surface area contributed by atoms with Crippen molar-refractivity contribution in [2.45, 2.75) is 37.6 Å². The van der Waals surface area contributed by atoms with Crippen molar-refractivity contribution in [3.05, 3.63) is 29.8 Å². The van der Waals surface area contributed by atoms with Crippen LogP contribution in [0.25, 0.3) is 0 Å². The Morgan fingerprint density at radius 1 is 1.17 bits per heavy atom. The number of nitrogens with one attached hydrogen (secondary N) is 2. The molecule has 1 saturated heterocycles. The molecule has 0 unspecified atom stereocenters. The Balaban J connectivity index is 0.00000420. The van der Waals surface area contributed by atoms with Crippen LogP contribution in [0.4, 0.5) is 0 Å². The van der Waals surface area contributed by atoms with Crippen molar-refractivity contribution in [3.8, 4) is 0 Å². The fraction of sp³-hybridized carbons (Fsp3) is 0.650. The fourth-order valence-electron chi connectivity index (χ4n) is 3.11. The lowest BCUT2D eigenvalue weighted by Gasteiger charge is -2.39. The highest BCUT2D eigenvalue weighted by Crippen LogP contribution is 2.16. The summed E-state index contributed by atoms with van der Waals surface area (Å²) < 4.78 is 28.5. The molecular weight excluding hydrogens is 503 g/mol. The van der Waals surface area contributed by atoms with Crippen molar-refractivity contribution in [1.29, 1.82) is 0 Å². The van der Waals surface area contributed by atoms with Gasteiger partial charge in [-0.25, -0.2) is 8.42 Å². The third-order valence-corrected chi connectivity index (χ3v) is 6.02. The number of morpholine rings is 1. The molecule has 0 aromatic heterocycles. The summed E-state index contributed by atoms with van der Waals surface area (Å²) in [6.07, 6.45) is 2.02. The lowest BCUT2D eigenvalue weighted by atomic mass is 10.0. The fourth-order valence-corrected chi connectivity index (χ4v) is 3.74. The SMILES string of the molecule is CCNC(=NCC(C)(C)N1CCOCC1)NCCc1ccc(S(C)(=O)=O)cc1.I. The average molecular weight is 538 g/mol. The third kappa shape index (κ3) is 8.77. The molecule has 1 aromatic carbocycles. The minimum Gasteiger partial charge on any atom is -0.379 e. The smallest absolute Gasteiger partial charge is 0.191 e. The van der Waals surface area contributed by atoms with E-state index >= 15 is 0 Å². The lowest BCUT2D eigenvalue weighted by molar-refractivity contribution is -0.00683. The molecule has 29 heavy (non-hydrogen) atoms. The maximum absolute atomic E-state index is 11.5. The van der Waals surface area contributed by atoms with E-state index in [0.717, 1.165) is 57.3 Å². The summed E-state index contributed by atoms with van der Waals surface area (Å²) in [4.78, 5) is 7.55. The van der Waals surface area contributed by atoms with Crippen molar-refractivity contribution in [3.63, 3.8) is 0 Å². The van der Waals surface area contributed by atoms with Gasteiger partial charge in [0.2, 0.25) is 0 Å². The van der Waals surface area contributed by atoms with E-state index in [4.69, 9.17) is 9.73 Å². The number of halogens is 1. The van der Waals surface area contributed by atoms with E-state index in [9.17, 15) is 8.42 Å². The average Bonchev–Trinajstić information content (AvgIpc) is 2.66. The molecule has 166 valence electrons. The van der Waals surface area contributed by atoms with Gasteiger partial charge in [0.15, 0.2) is 15.8 Å². The van der Waals surface area contributed by atoms with E-state index in [0.29, 0.717) is 11.4 Å².